The lowest BCUT2D eigenvalue weighted by atomic mass is 9.96. The van der Waals surface area contributed by atoms with Crippen LogP contribution in [0.1, 0.15) is 38.2 Å². The van der Waals surface area contributed by atoms with Gasteiger partial charge in [-0.2, -0.15) is 0 Å². The Labute approximate surface area is 149 Å². The molecule has 1 saturated carbocycles. The Morgan fingerprint density at radius 1 is 1.20 bits per heavy atom. The second kappa shape index (κ2) is 7.89. The van der Waals surface area contributed by atoms with E-state index in [2.05, 4.69) is 5.32 Å². The van der Waals surface area contributed by atoms with Crippen LogP contribution in [0.5, 0.6) is 5.75 Å². The van der Waals surface area contributed by atoms with Crippen molar-refractivity contribution in [2.24, 2.45) is 11.8 Å². The molecule has 5 heteroatoms. The Morgan fingerprint density at radius 2 is 1.92 bits per heavy atom. The van der Waals surface area contributed by atoms with Crippen LogP contribution in [0, 0.1) is 18.8 Å². The zero-order valence-corrected chi connectivity index (χ0v) is 15.2. The Kier molecular flexibility index (Phi) is 5.61. The second-order valence-corrected chi connectivity index (χ2v) is 7.43. The molecule has 1 aliphatic carbocycles. The van der Waals surface area contributed by atoms with Crippen LogP contribution in [-0.4, -0.2) is 42.5 Å². The van der Waals surface area contributed by atoms with Gasteiger partial charge in [-0.05, 0) is 51.7 Å². The number of carbonyl (C=O) groups excluding carboxylic acids is 2. The van der Waals surface area contributed by atoms with Crippen LogP contribution in [0.4, 0.5) is 0 Å². The molecular weight excluding hydrogens is 316 g/mol. The maximum absolute atomic E-state index is 12.5. The number of hydrogen-bond acceptors (Lipinski definition) is 3. The number of carbonyl (C=O) groups is 2. The van der Waals surface area contributed by atoms with E-state index in [9.17, 15) is 9.59 Å². The van der Waals surface area contributed by atoms with E-state index in [0.29, 0.717) is 13.2 Å². The molecule has 5 nitrogen and oxygen atoms in total. The number of nitrogens with one attached hydrogen (secondary N) is 1. The Bertz CT molecular complexity index is 610. The first-order valence-corrected chi connectivity index (χ1v) is 9.31. The lowest BCUT2D eigenvalue weighted by Crippen LogP contribution is -2.48. The number of benzene rings is 1. The number of rotatable bonds is 6. The van der Waals surface area contributed by atoms with Gasteiger partial charge in [-0.15, -0.1) is 0 Å². The van der Waals surface area contributed by atoms with Crippen LogP contribution in [-0.2, 0) is 9.59 Å². The van der Waals surface area contributed by atoms with Crippen molar-refractivity contribution in [1.29, 1.82) is 0 Å². The van der Waals surface area contributed by atoms with Gasteiger partial charge in [0, 0.05) is 19.0 Å². The quantitative estimate of drug-likeness (QED) is 0.863. The summed E-state index contributed by atoms with van der Waals surface area (Å²) in [5.74, 6) is 1.22. The summed E-state index contributed by atoms with van der Waals surface area (Å²) in [6.45, 7) is 5.78. The first-order chi connectivity index (χ1) is 12.0. The number of likely N-dealkylation sites (tertiary alicyclic amines) is 1. The van der Waals surface area contributed by atoms with Crippen LogP contribution >= 0.6 is 0 Å². The van der Waals surface area contributed by atoms with Crippen LogP contribution in [0.25, 0.3) is 0 Å². The Balaban J connectivity index is 1.44. The van der Waals surface area contributed by atoms with E-state index < -0.39 is 0 Å². The predicted octanol–water partition coefficient (Wildman–Crippen LogP) is 2.53. The van der Waals surface area contributed by atoms with Gasteiger partial charge in [-0.1, -0.05) is 17.7 Å². The molecule has 2 atom stereocenters. The molecule has 0 bridgehead atoms. The van der Waals surface area contributed by atoms with Gasteiger partial charge >= 0.3 is 0 Å². The van der Waals surface area contributed by atoms with Crippen LogP contribution in [0.3, 0.4) is 0 Å². The molecule has 3 rings (SSSR count). The molecule has 1 aliphatic heterocycles. The highest BCUT2D eigenvalue weighted by atomic mass is 16.5. The highest BCUT2D eigenvalue weighted by molar-refractivity contribution is 5.83. The zero-order chi connectivity index (χ0) is 17.8. The van der Waals surface area contributed by atoms with Gasteiger partial charge in [0.2, 0.25) is 11.8 Å². The van der Waals surface area contributed by atoms with Crippen molar-refractivity contribution in [2.45, 2.75) is 45.6 Å². The van der Waals surface area contributed by atoms with Crippen LogP contribution < -0.4 is 10.1 Å². The summed E-state index contributed by atoms with van der Waals surface area (Å²) in [5, 5.41) is 3.03. The van der Waals surface area contributed by atoms with Crippen molar-refractivity contribution in [1.82, 2.24) is 10.2 Å². The minimum absolute atomic E-state index is 0.0355. The first kappa shape index (κ1) is 17.8. The molecule has 2 unspecified atom stereocenters. The predicted molar refractivity (Wildman–Crippen MR) is 96.3 cm³/mol. The molecule has 1 aromatic carbocycles. The van der Waals surface area contributed by atoms with Gasteiger partial charge in [0.05, 0.1) is 12.0 Å². The van der Waals surface area contributed by atoms with Gasteiger partial charge in [-0.25, -0.2) is 0 Å². The molecule has 25 heavy (non-hydrogen) atoms. The monoisotopic (exact) mass is 344 g/mol. The molecule has 136 valence electrons. The van der Waals surface area contributed by atoms with Crippen molar-refractivity contribution < 1.29 is 14.3 Å². The van der Waals surface area contributed by atoms with E-state index in [-0.39, 0.29) is 29.7 Å². The van der Waals surface area contributed by atoms with Gasteiger partial charge in [0.15, 0.2) is 0 Å². The fourth-order valence-corrected chi connectivity index (χ4v) is 3.24. The van der Waals surface area contributed by atoms with E-state index in [1.807, 2.05) is 43.0 Å². The number of nitrogens with zero attached hydrogens (tertiary/aromatic N) is 1. The molecule has 1 N–H and O–H groups in total. The summed E-state index contributed by atoms with van der Waals surface area (Å²) >= 11 is 0. The smallest absolute Gasteiger partial charge is 0.225 e. The molecule has 0 spiro atoms. The van der Waals surface area contributed by atoms with Crippen molar-refractivity contribution in [3.05, 3.63) is 29.8 Å². The van der Waals surface area contributed by atoms with E-state index in [4.69, 9.17) is 4.74 Å². The average Bonchev–Trinajstić information content (AvgIpc) is 3.46. The largest absolute Gasteiger partial charge is 0.491 e. The number of amides is 2. The third-order valence-electron chi connectivity index (χ3n) is 4.94. The number of aryl methyl sites for hydroxylation is 1. The molecule has 1 heterocycles. The molecule has 2 aliphatic rings. The lowest BCUT2D eigenvalue weighted by molar-refractivity contribution is -0.137. The summed E-state index contributed by atoms with van der Waals surface area (Å²) in [7, 11) is 0. The Morgan fingerprint density at radius 3 is 2.60 bits per heavy atom. The number of piperidine rings is 1. The summed E-state index contributed by atoms with van der Waals surface area (Å²) in [4.78, 5) is 26.6. The van der Waals surface area contributed by atoms with Gasteiger partial charge in [-0.3, -0.25) is 9.59 Å². The molecule has 2 amide bonds. The first-order valence-electron chi connectivity index (χ1n) is 9.31. The normalized spacial score (nSPS) is 21.5. The topological polar surface area (TPSA) is 58.6 Å². The highest BCUT2D eigenvalue weighted by Gasteiger charge is 2.36. The fourth-order valence-electron chi connectivity index (χ4n) is 3.24. The zero-order valence-electron chi connectivity index (χ0n) is 15.2. The lowest BCUT2D eigenvalue weighted by Gasteiger charge is -2.32. The van der Waals surface area contributed by atoms with Crippen molar-refractivity contribution >= 4 is 11.8 Å². The molecule has 2 fully saturated rings. The van der Waals surface area contributed by atoms with Crippen molar-refractivity contribution in [3.63, 3.8) is 0 Å². The summed E-state index contributed by atoms with van der Waals surface area (Å²) in [6, 6.07) is 7.82. The fraction of sp³-hybridized carbons (Fsp3) is 0.600. The summed E-state index contributed by atoms with van der Waals surface area (Å²) < 4.78 is 5.73. The summed E-state index contributed by atoms with van der Waals surface area (Å²) in [6.07, 6.45) is 3.79. The van der Waals surface area contributed by atoms with Crippen LogP contribution in [0.2, 0.25) is 0 Å². The maximum atomic E-state index is 12.5. The molecular formula is C20H28N2O3. The minimum Gasteiger partial charge on any atom is -0.491 e. The standard InChI is InChI=1S/C20H28N2O3/c1-14-5-9-18(10-6-14)25-13-15(2)21-19(23)17-4-3-11-22(12-17)20(24)16-7-8-16/h5-6,9-10,15-17H,3-4,7-8,11-13H2,1-2H3,(H,21,23). The SMILES string of the molecule is Cc1ccc(OCC(C)NC(=O)C2CCCN(C(=O)C3CC3)C2)cc1. The molecule has 1 saturated heterocycles. The average molecular weight is 344 g/mol. The van der Waals surface area contributed by atoms with Crippen molar-refractivity contribution in [2.75, 3.05) is 19.7 Å². The molecule has 0 radical (unpaired) electrons. The Hall–Kier alpha value is -2.04. The summed E-state index contributed by atoms with van der Waals surface area (Å²) in [5.41, 5.74) is 1.19. The van der Waals surface area contributed by atoms with Gasteiger partial charge in [0.1, 0.15) is 12.4 Å². The van der Waals surface area contributed by atoms with E-state index >= 15 is 0 Å². The second-order valence-electron chi connectivity index (χ2n) is 7.43. The van der Waals surface area contributed by atoms with Gasteiger partial charge in [0.25, 0.3) is 0 Å². The minimum atomic E-state index is -0.0988. The number of hydrogen-bond donors (Lipinski definition) is 1. The van der Waals surface area contributed by atoms with E-state index in [0.717, 1.165) is 38.0 Å². The van der Waals surface area contributed by atoms with Crippen LogP contribution in [0.15, 0.2) is 24.3 Å². The van der Waals surface area contributed by atoms with E-state index in [1.165, 1.54) is 5.56 Å². The highest BCUT2D eigenvalue weighted by Crippen LogP contribution is 2.32. The van der Waals surface area contributed by atoms with Crippen molar-refractivity contribution in [3.8, 4) is 5.75 Å². The maximum Gasteiger partial charge on any atom is 0.225 e. The van der Waals surface area contributed by atoms with Gasteiger partial charge < -0.3 is 15.0 Å². The number of ether oxygens (including phenoxy) is 1. The van der Waals surface area contributed by atoms with E-state index in [1.54, 1.807) is 0 Å². The third-order valence-corrected chi connectivity index (χ3v) is 4.94. The molecule has 0 aromatic heterocycles. The molecule has 1 aromatic rings. The third kappa shape index (κ3) is 4.97.